The lowest BCUT2D eigenvalue weighted by Gasteiger charge is -2.06. The summed E-state index contributed by atoms with van der Waals surface area (Å²) < 4.78 is 16.5. The summed E-state index contributed by atoms with van der Waals surface area (Å²) in [6.45, 7) is 3.97. The maximum absolute atomic E-state index is 5.66. The van der Waals surface area contributed by atoms with Crippen molar-refractivity contribution in [2.24, 2.45) is 5.92 Å². The van der Waals surface area contributed by atoms with Crippen LogP contribution in [0.5, 0.6) is 0 Å². The van der Waals surface area contributed by atoms with Crippen LogP contribution in [-0.2, 0) is 22.6 Å². The summed E-state index contributed by atoms with van der Waals surface area (Å²) in [6, 6.07) is 2.82. The first-order valence-electron chi connectivity index (χ1n) is 6.85. The van der Waals surface area contributed by atoms with Crippen molar-refractivity contribution in [2.75, 3.05) is 19.8 Å². The van der Waals surface area contributed by atoms with Gasteiger partial charge in [-0.2, -0.15) is 0 Å². The van der Waals surface area contributed by atoms with Crippen LogP contribution in [0.1, 0.15) is 30.6 Å². The van der Waals surface area contributed by atoms with Crippen LogP contribution in [0, 0.1) is 5.92 Å². The van der Waals surface area contributed by atoms with Crippen molar-refractivity contribution >= 4 is 0 Å². The largest absolute Gasteiger partial charge is 0.467 e. The van der Waals surface area contributed by atoms with Gasteiger partial charge in [-0.3, -0.25) is 0 Å². The molecule has 100 valence electrons. The van der Waals surface area contributed by atoms with Gasteiger partial charge in [0.05, 0.1) is 19.5 Å². The molecule has 2 heterocycles. The summed E-state index contributed by atoms with van der Waals surface area (Å²) in [6.07, 6.45) is 5.58. The zero-order chi connectivity index (χ0) is 12.2. The first kappa shape index (κ1) is 12.2. The van der Waals surface area contributed by atoms with E-state index in [-0.39, 0.29) is 0 Å². The first-order chi connectivity index (χ1) is 8.90. The maximum Gasteiger partial charge on any atom is 0.129 e. The number of furan rings is 1. The van der Waals surface area contributed by atoms with Crippen LogP contribution in [0.4, 0.5) is 0 Å². The van der Waals surface area contributed by atoms with Crippen LogP contribution in [0.15, 0.2) is 16.7 Å². The number of hydrogen-bond acceptors (Lipinski definition) is 4. The highest BCUT2D eigenvalue weighted by Gasteiger charge is 2.20. The summed E-state index contributed by atoms with van der Waals surface area (Å²) in [5.41, 5.74) is 1.21. The normalized spacial score (nSPS) is 23.7. The van der Waals surface area contributed by atoms with Crippen molar-refractivity contribution in [1.29, 1.82) is 0 Å². The van der Waals surface area contributed by atoms with Gasteiger partial charge >= 0.3 is 0 Å². The van der Waals surface area contributed by atoms with E-state index in [2.05, 4.69) is 11.4 Å². The molecule has 0 spiro atoms. The van der Waals surface area contributed by atoms with Gasteiger partial charge in [0.15, 0.2) is 0 Å². The molecule has 0 aromatic carbocycles. The second-order valence-electron chi connectivity index (χ2n) is 5.32. The van der Waals surface area contributed by atoms with E-state index in [1.807, 2.05) is 6.26 Å². The Balaban J connectivity index is 1.36. The van der Waals surface area contributed by atoms with Gasteiger partial charge in [-0.15, -0.1) is 0 Å². The Labute approximate surface area is 108 Å². The molecule has 1 aromatic heterocycles. The van der Waals surface area contributed by atoms with Gasteiger partial charge < -0.3 is 19.2 Å². The summed E-state index contributed by atoms with van der Waals surface area (Å²) >= 11 is 0. The van der Waals surface area contributed by atoms with Crippen molar-refractivity contribution in [1.82, 2.24) is 5.32 Å². The van der Waals surface area contributed by atoms with Gasteiger partial charge in [-0.25, -0.2) is 0 Å². The Bertz CT molecular complexity index is 367. The minimum atomic E-state index is 0.566. The lowest BCUT2D eigenvalue weighted by Crippen LogP contribution is -2.14. The lowest BCUT2D eigenvalue weighted by atomic mass is 10.1. The molecular formula is C14H21NO3. The van der Waals surface area contributed by atoms with Gasteiger partial charge in [0.2, 0.25) is 0 Å². The summed E-state index contributed by atoms with van der Waals surface area (Å²) in [5.74, 6) is 1.48. The molecule has 1 aliphatic carbocycles. The minimum absolute atomic E-state index is 0.566. The molecule has 1 N–H and O–H groups in total. The maximum atomic E-state index is 5.66. The lowest BCUT2D eigenvalue weighted by molar-refractivity contribution is 0.0691. The number of hydrogen-bond donors (Lipinski definition) is 1. The summed E-state index contributed by atoms with van der Waals surface area (Å²) in [4.78, 5) is 0. The summed E-state index contributed by atoms with van der Waals surface area (Å²) in [5, 5.41) is 3.47. The minimum Gasteiger partial charge on any atom is -0.467 e. The van der Waals surface area contributed by atoms with Crippen molar-refractivity contribution in [3.8, 4) is 0 Å². The molecule has 0 radical (unpaired) electrons. The molecule has 18 heavy (non-hydrogen) atoms. The van der Waals surface area contributed by atoms with E-state index in [9.17, 15) is 0 Å². The van der Waals surface area contributed by atoms with E-state index in [1.165, 1.54) is 18.4 Å². The third-order valence-corrected chi connectivity index (χ3v) is 3.50. The van der Waals surface area contributed by atoms with E-state index < -0.39 is 0 Å². The molecule has 1 atom stereocenters. The second kappa shape index (κ2) is 5.87. The Hall–Kier alpha value is -0.840. The number of nitrogens with one attached hydrogen (secondary N) is 1. The number of rotatable bonds is 7. The van der Waals surface area contributed by atoms with Gasteiger partial charge in [-0.1, -0.05) is 0 Å². The smallest absolute Gasteiger partial charge is 0.129 e. The van der Waals surface area contributed by atoms with Crippen LogP contribution in [-0.4, -0.2) is 25.9 Å². The monoisotopic (exact) mass is 251 g/mol. The quantitative estimate of drug-likeness (QED) is 0.806. The van der Waals surface area contributed by atoms with E-state index in [4.69, 9.17) is 13.9 Å². The van der Waals surface area contributed by atoms with E-state index in [0.29, 0.717) is 12.5 Å². The fourth-order valence-electron chi connectivity index (χ4n) is 2.19. The zero-order valence-corrected chi connectivity index (χ0v) is 10.7. The molecule has 0 amide bonds. The molecule has 1 saturated carbocycles. The SMILES string of the molecule is c1oc(COCC2CCOC2)cc1CNC1CC1. The molecule has 1 saturated heterocycles. The molecule has 4 nitrogen and oxygen atoms in total. The van der Waals surface area contributed by atoms with Gasteiger partial charge in [0.1, 0.15) is 12.4 Å². The zero-order valence-electron chi connectivity index (χ0n) is 10.7. The van der Waals surface area contributed by atoms with Crippen LogP contribution in [0.25, 0.3) is 0 Å². The van der Waals surface area contributed by atoms with Gasteiger partial charge in [0.25, 0.3) is 0 Å². The fourth-order valence-corrected chi connectivity index (χ4v) is 2.19. The van der Waals surface area contributed by atoms with Crippen molar-refractivity contribution in [3.63, 3.8) is 0 Å². The van der Waals surface area contributed by atoms with Gasteiger partial charge in [-0.05, 0) is 25.3 Å². The Morgan fingerprint density at radius 1 is 1.33 bits per heavy atom. The average Bonchev–Trinajstić information content (AvgIpc) is 2.89. The molecule has 2 aliphatic rings. The Morgan fingerprint density at radius 2 is 2.28 bits per heavy atom. The predicted molar refractivity (Wildman–Crippen MR) is 67.2 cm³/mol. The second-order valence-corrected chi connectivity index (χ2v) is 5.32. The van der Waals surface area contributed by atoms with Crippen molar-refractivity contribution in [2.45, 2.75) is 38.5 Å². The molecule has 1 aliphatic heterocycles. The predicted octanol–water partition coefficient (Wildman–Crippen LogP) is 2.08. The summed E-state index contributed by atoms with van der Waals surface area (Å²) in [7, 11) is 0. The Kier molecular flexibility index (Phi) is 3.98. The fraction of sp³-hybridized carbons (Fsp3) is 0.714. The average molecular weight is 251 g/mol. The van der Waals surface area contributed by atoms with Crippen LogP contribution >= 0.6 is 0 Å². The highest BCUT2D eigenvalue weighted by atomic mass is 16.5. The molecule has 1 aromatic rings. The molecular weight excluding hydrogens is 230 g/mol. The molecule has 4 heteroatoms. The van der Waals surface area contributed by atoms with Crippen LogP contribution in [0.2, 0.25) is 0 Å². The molecule has 3 rings (SSSR count). The first-order valence-corrected chi connectivity index (χ1v) is 6.85. The third-order valence-electron chi connectivity index (χ3n) is 3.50. The van der Waals surface area contributed by atoms with E-state index >= 15 is 0 Å². The Morgan fingerprint density at radius 3 is 3.06 bits per heavy atom. The molecule has 0 bridgehead atoms. The highest BCUT2D eigenvalue weighted by Crippen LogP contribution is 2.20. The number of ether oxygens (including phenoxy) is 2. The van der Waals surface area contributed by atoms with E-state index in [1.54, 1.807) is 0 Å². The molecule has 2 fully saturated rings. The van der Waals surface area contributed by atoms with Crippen LogP contribution < -0.4 is 5.32 Å². The van der Waals surface area contributed by atoms with Crippen molar-refractivity contribution in [3.05, 3.63) is 23.7 Å². The standard InChI is InChI=1S/C14H21NO3/c1-2-13(1)15-6-12-5-14(18-9-12)10-17-8-11-3-4-16-7-11/h5,9,11,13,15H,1-4,6-8,10H2. The molecule has 1 unspecified atom stereocenters. The third kappa shape index (κ3) is 3.57. The van der Waals surface area contributed by atoms with Crippen molar-refractivity contribution < 1.29 is 13.9 Å². The van der Waals surface area contributed by atoms with E-state index in [0.717, 1.165) is 44.6 Å². The highest BCUT2D eigenvalue weighted by molar-refractivity contribution is 5.12. The topological polar surface area (TPSA) is 43.6 Å². The van der Waals surface area contributed by atoms with Gasteiger partial charge in [0, 0.05) is 30.7 Å². The van der Waals surface area contributed by atoms with Crippen LogP contribution in [0.3, 0.4) is 0 Å².